The van der Waals surface area contributed by atoms with Crippen molar-refractivity contribution in [2.75, 3.05) is 15.4 Å². The summed E-state index contributed by atoms with van der Waals surface area (Å²) in [6, 6.07) is 13.6. The number of benzene rings is 2. The molecule has 0 saturated heterocycles. The van der Waals surface area contributed by atoms with E-state index in [1.807, 2.05) is 24.3 Å². The Bertz CT molecular complexity index is 702. The summed E-state index contributed by atoms with van der Waals surface area (Å²) in [5, 5.41) is 5.53. The normalized spacial score (nSPS) is 11.8. The van der Waals surface area contributed by atoms with E-state index >= 15 is 0 Å². The minimum Gasteiger partial charge on any atom is -0.755 e. The van der Waals surface area contributed by atoms with Gasteiger partial charge in [0, 0.05) is 28.3 Å². The van der Waals surface area contributed by atoms with Crippen LogP contribution in [0.25, 0.3) is 0 Å². The van der Waals surface area contributed by atoms with E-state index < -0.39 is 11.3 Å². The van der Waals surface area contributed by atoms with E-state index in [-0.39, 0.29) is 6.03 Å². The second-order valence-electron chi connectivity index (χ2n) is 5.24. The van der Waals surface area contributed by atoms with Crippen molar-refractivity contribution in [1.82, 2.24) is 0 Å². The maximum atomic E-state index is 12.1. The van der Waals surface area contributed by atoms with Crippen LogP contribution in [0.4, 0.5) is 21.9 Å². The van der Waals surface area contributed by atoms with Gasteiger partial charge in [-0.2, -0.15) is 0 Å². The Morgan fingerprint density at radius 1 is 1.00 bits per heavy atom. The molecule has 2 aromatic carbocycles. The van der Waals surface area contributed by atoms with Gasteiger partial charge in [-0.05, 0) is 41.8 Å². The molecule has 0 aliphatic carbocycles. The molecule has 3 N–H and O–H groups in total. The molecule has 0 aliphatic heterocycles. The van der Waals surface area contributed by atoms with Crippen molar-refractivity contribution in [3.05, 3.63) is 54.1 Å². The summed E-state index contributed by atoms with van der Waals surface area (Å²) in [6.07, 6.45) is 0. The van der Waals surface area contributed by atoms with Crippen LogP contribution in [-0.4, -0.2) is 14.8 Å². The standard InChI is InChI=1S/C16H19N3O3S/c1-11(2)14-5-3-4-6-15(14)18-16(20)17-12-7-9-13(10-8-12)19-23(21)22/h3-11,19H,1-2H3,(H,21,22)(H2,17,18,20)/p-1. The highest BCUT2D eigenvalue weighted by Crippen LogP contribution is 2.24. The molecule has 0 saturated carbocycles. The smallest absolute Gasteiger partial charge is 0.323 e. The summed E-state index contributed by atoms with van der Waals surface area (Å²) in [7, 11) is 0. The zero-order valence-electron chi connectivity index (χ0n) is 12.8. The van der Waals surface area contributed by atoms with Crippen molar-refractivity contribution in [2.24, 2.45) is 0 Å². The first-order chi connectivity index (χ1) is 11.0. The van der Waals surface area contributed by atoms with Crippen LogP contribution in [0.3, 0.4) is 0 Å². The van der Waals surface area contributed by atoms with Crippen LogP contribution in [0.5, 0.6) is 0 Å². The molecule has 7 heteroatoms. The fraction of sp³-hybridized carbons (Fsp3) is 0.188. The number of hydrogen-bond donors (Lipinski definition) is 3. The van der Waals surface area contributed by atoms with Crippen LogP contribution in [-0.2, 0) is 11.3 Å². The number of anilines is 3. The molecular weight excluding hydrogens is 314 g/mol. The molecule has 2 aromatic rings. The van der Waals surface area contributed by atoms with E-state index in [1.165, 1.54) is 0 Å². The third-order valence-corrected chi connectivity index (χ3v) is 3.58. The molecule has 23 heavy (non-hydrogen) atoms. The summed E-state index contributed by atoms with van der Waals surface area (Å²) in [6.45, 7) is 4.12. The lowest BCUT2D eigenvalue weighted by atomic mass is 10.0. The Balaban J connectivity index is 2.01. The fourth-order valence-electron chi connectivity index (χ4n) is 2.12. The largest absolute Gasteiger partial charge is 0.755 e. The van der Waals surface area contributed by atoms with E-state index in [1.54, 1.807) is 24.3 Å². The van der Waals surface area contributed by atoms with Crippen LogP contribution < -0.4 is 15.4 Å². The summed E-state index contributed by atoms with van der Waals surface area (Å²) in [5.41, 5.74) is 2.81. The van der Waals surface area contributed by atoms with Crippen molar-refractivity contribution in [1.29, 1.82) is 0 Å². The van der Waals surface area contributed by atoms with Crippen LogP contribution in [0.1, 0.15) is 25.3 Å². The molecule has 0 fully saturated rings. The third kappa shape index (κ3) is 5.08. The number of urea groups is 1. The van der Waals surface area contributed by atoms with Crippen LogP contribution in [0.15, 0.2) is 48.5 Å². The Labute approximate surface area is 137 Å². The first kappa shape index (κ1) is 17.0. The maximum absolute atomic E-state index is 12.1. The molecule has 2 amide bonds. The minimum absolute atomic E-state index is 0.296. The maximum Gasteiger partial charge on any atom is 0.323 e. The molecule has 0 spiro atoms. The summed E-state index contributed by atoms with van der Waals surface area (Å²) < 4.78 is 23.3. The number of amides is 2. The summed E-state index contributed by atoms with van der Waals surface area (Å²) in [4.78, 5) is 12.1. The quantitative estimate of drug-likeness (QED) is 0.729. The Kier molecular flexibility index (Phi) is 5.72. The predicted octanol–water partition coefficient (Wildman–Crippen LogP) is 3.66. The van der Waals surface area contributed by atoms with E-state index in [0.717, 1.165) is 11.3 Å². The molecule has 1 atom stereocenters. The highest BCUT2D eigenvalue weighted by atomic mass is 32.2. The fourth-order valence-corrected chi connectivity index (χ4v) is 2.45. The average Bonchev–Trinajstić information content (AvgIpc) is 2.49. The van der Waals surface area contributed by atoms with Crippen LogP contribution in [0, 0.1) is 0 Å². The Morgan fingerprint density at radius 2 is 1.61 bits per heavy atom. The average molecular weight is 332 g/mol. The number of nitrogens with one attached hydrogen (secondary N) is 3. The van der Waals surface area contributed by atoms with Gasteiger partial charge < -0.3 is 19.9 Å². The van der Waals surface area contributed by atoms with Gasteiger partial charge in [0.15, 0.2) is 0 Å². The molecule has 6 nitrogen and oxygen atoms in total. The van der Waals surface area contributed by atoms with Gasteiger partial charge in [0.2, 0.25) is 0 Å². The molecule has 0 bridgehead atoms. The molecule has 0 aliphatic rings. The highest BCUT2D eigenvalue weighted by molar-refractivity contribution is 7.80. The Morgan fingerprint density at radius 3 is 2.22 bits per heavy atom. The zero-order valence-corrected chi connectivity index (χ0v) is 13.6. The van der Waals surface area contributed by atoms with E-state index in [2.05, 4.69) is 29.2 Å². The van der Waals surface area contributed by atoms with Crippen molar-refractivity contribution >= 4 is 34.4 Å². The van der Waals surface area contributed by atoms with E-state index in [9.17, 15) is 13.6 Å². The van der Waals surface area contributed by atoms with Crippen molar-refractivity contribution in [2.45, 2.75) is 19.8 Å². The summed E-state index contributed by atoms with van der Waals surface area (Å²) >= 11 is -2.37. The Hall–Kier alpha value is -2.38. The molecule has 122 valence electrons. The van der Waals surface area contributed by atoms with Gasteiger partial charge in [0.25, 0.3) is 0 Å². The second kappa shape index (κ2) is 7.75. The third-order valence-electron chi connectivity index (χ3n) is 3.17. The van der Waals surface area contributed by atoms with Crippen molar-refractivity contribution in [3.8, 4) is 0 Å². The lowest BCUT2D eigenvalue weighted by molar-refractivity contribution is 0.262. The van der Waals surface area contributed by atoms with Gasteiger partial charge in [-0.1, -0.05) is 32.0 Å². The van der Waals surface area contributed by atoms with Gasteiger partial charge in [-0.25, -0.2) is 4.79 Å². The van der Waals surface area contributed by atoms with Crippen LogP contribution >= 0.6 is 0 Å². The minimum atomic E-state index is -2.37. The van der Waals surface area contributed by atoms with Gasteiger partial charge in [0.05, 0.1) is 0 Å². The molecule has 2 rings (SSSR count). The molecule has 0 aromatic heterocycles. The molecule has 0 heterocycles. The van der Waals surface area contributed by atoms with Crippen LogP contribution in [0.2, 0.25) is 0 Å². The lowest BCUT2D eigenvalue weighted by Crippen LogP contribution is -2.20. The first-order valence-electron chi connectivity index (χ1n) is 7.08. The monoisotopic (exact) mass is 332 g/mol. The second-order valence-corrected chi connectivity index (χ2v) is 5.91. The van der Waals surface area contributed by atoms with E-state index in [4.69, 9.17) is 0 Å². The highest BCUT2D eigenvalue weighted by Gasteiger charge is 2.09. The van der Waals surface area contributed by atoms with E-state index in [0.29, 0.717) is 17.3 Å². The lowest BCUT2D eigenvalue weighted by Gasteiger charge is -2.14. The first-order valence-corrected chi connectivity index (χ1v) is 8.16. The topological polar surface area (TPSA) is 93.3 Å². The zero-order chi connectivity index (χ0) is 16.8. The van der Waals surface area contributed by atoms with Crippen molar-refractivity contribution in [3.63, 3.8) is 0 Å². The molecule has 0 radical (unpaired) electrons. The SMILES string of the molecule is CC(C)c1ccccc1NC(=O)Nc1ccc(NS(=O)[O-])cc1. The summed E-state index contributed by atoms with van der Waals surface area (Å²) in [5.74, 6) is 0.296. The van der Waals surface area contributed by atoms with Gasteiger partial charge in [-0.3, -0.25) is 4.21 Å². The van der Waals surface area contributed by atoms with Crippen molar-refractivity contribution < 1.29 is 13.6 Å². The molecule has 1 unspecified atom stereocenters. The molecular formula is C16H18N3O3S-. The predicted molar refractivity (Wildman–Crippen MR) is 92.2 cm³/mol. The number of carbonyl (C=O) groups is 1. The number of carbonyl (C=O) groups excluding carboxylic acids is 1. The number of hydrogen-bond acceptors (Lipinski definition) is 3. The van der Waals surface area contributed by atoms with Gasteiger partial charge in [0.1, 0.15) is 0 Å². The number of para-hydroxylation sites is 1. The van der Waals surface area contributed by atoms with Gasteiger partial charge in [-0.15, -0.1) is 0 Å². The van der Waals surface area contributed by atoms with Gasteiger partial charge >= 0.3 is 6.03 Å². The number of rotatable bonds is 5.